The first-order valence-corrected chi connectivity index (χ1v) is 10.4. The molecule has 0 saturated carbocycles. The quantitative estimate of drug-likeness (QED) is 0.659. The molecule has 0 aromatic heterocycles. The zero-order chi connectivity index (χ0) is 20.5. The molecule has 0 saturated heterocycles. The lowest BCUT2D eigenvalue weighted by Crippen LogP contribution is -2.36. The molecule has 0 radical (unpaired) electrons. The number of aryl methyl sites for hydroxylation is 1. The zero-order valence-corrected chi connectivity index (χ0v) is 17.8. The lowest BCUT2D eigenvalue weighted by atomic mass is 10.2. The summed E-state index contributed by atoms with van der Waals surface area (Å²) in [5.41, 5.74) is 1.89. The van der Waals surface area contributed by atoms with Crippen LogP contribution in [-0.4, -0.2) is 47.9 Å². The lowest BCUT2D eigenvalue weighted by molar-refractivity contribution is -0.129. The number of thioether (sulfide) groups is 1. The molecule has 0 spiro atoms. The van der Waals surface area contributed by atoms with Gasteiger partial charge in [0.15, 0.2) is 0 Å². The first kappa shape index (κ1) is 22.1. The number of ether oxygens (including phenoxy) is 1. The van der Waals surface area contributed by atoms with E-state index in [-0.39, 0.29) is 22.8 Å². The fourth-order valence-corrected chi connectivity index (χ4v) is 3.36. The number of amides is 2. The van der Waals surface area contributed by atoms with E-state index >= 15 is 0 Å². The van der Waals surface area contributed by atoms with Gasteiger partial charge in [-0.3, -0.25) is 9.59 Å². The van der Waals surface area contributed by atoms with Crippen molar-refractivity contribution < 1.29 is 14.3 Å². The number of hydrogen-bond acceptors (Lipinski definition) is 4. The molecule has 1 unspecified atom stereocenters. The van der Waals surface area contributed by atoms with Crippen molar-refractivity contribution in [2.45, 2.75) is 19.1 Å². The summed E-state index contributed by atoms with van der Waals surface area (Å²) in [7, 11) is 1.73. The predicted molar refractivity (Wildman–Crippen MR) is 116 cm³/mol. The Morgan fingerprint density at radius 3 is 2.61 bits per heavy atom. The third-order valence-electron chi connectivity index (χ3n) is 4.02. The molecule has 5 nitrogen and oxygen atoms in total. The zero-order valence-electron chi connectivity index (χ0n) is 16.3. The Balaban J connectivity index is 1.70. The maximum absolute atomic E-state index is 12.4. The van der Waals surface area contributed by atoms with Crippen molar-refractivity contribution in [1.82, 2.24) is 4.90 Å². The monoisotopic (exact) mass is 420 g/mol. The largest absolute Gasteiger partial charge is 0.492 e. The smallest absolute Gasteiger partial charge is 0.235 e. The highest BCUT2D eigenvalue weighted by molar-refractivity contribution is 8.01. The summed E-state index contributed by atoms with van der Waals surface area (Å²) in [6.07, 6.45) is 0. The van der Waals surface area contributed by atoms with E-state index < -0.39 is 0 Å². The van der Waals surface area contributed by atoms with E-state index in [4.69, 9.17) is 16.3 Å². The molecule has 0 aliphatic heterocycles. The Kier molecular flexibility index (Phi) is 8.67. The molecule has 28 heavy (non-hydrogen) atoms. The Morgan fingerprint density at radius 2 is 1.93 bits per heavy atom. The number of nitrogens with zero attached hydrogens (tertiary/aromatic N) is 1. The molecule has 0 aliphatic rings. The molecule has 2 rings (SSSR count). The molecule has 0 fully saturated rings. The first-order valence-electron chi connectivity index (χ1n) is 8.96. The van der Waals surface area contributed by atoms with Crippen molar-refractivity contribution >= 4 is 40.9 Å². The molecule has 2 aromatic rings. The van der Waals surface area contributed by atoms with E-state index in [1.165, 1.54) is 11.8 Å². The second-order valence-corrected chi connectivity index (χ2v) is 8.20. The van der Waals surface area contributed by atoms with Gasteiger partial charge in [0.25, 0.3) is 0 Å². The summed E-state index contributed by atoms with van der Waals surface area (Å²) in [5, 5.41) is 3.12. The van der Waals surface area contributed by atoms with Crippen molar-refractivity contribution in [2.24, 2.45) is 0 Å². The molecule has 0 aliphatic carbocycles. The van der Waals surface area contributed by atoms with Crippen LogP contribution in [0.15, 0.2) is 48.5 Å². The number of hydrogen-bond donors (Lipinski definition) is 1. The van der Waals surface area contributed by atoms with E-state index in [0.29, 0.717) is 23.9 Å². The van der Waals surface area contributed by atoms with Crippen LogP contribution in [0.2, 0.25) is 5.02 Å². The summed E-state index contributed by atoms with van der Waals surface area (Å²) in [4.78, 5) is 26.1. The van der Waals surface area contributed by atoms with Gasteiger partial charge in [-0.15, -0.1) is 11.8 Å². The molecule has 1 N–H and O–H groups in total. The molecular formula is C21H25ClN2O3S. The Labute approximate surface area is 175 Å². The van der Waals surface area contributed by atoms with Crippen LogP contribution in [-0.2, 0) is 9.59 Å². The maximum Gasteiger partial charge on any atom is 0.235 e. The van der Waals surface area contributed by atoms with E-state index in [2.05, 4.69) is 5.32 Å². The number of halogens is 1. The minimum Gasteiger partial charge on any atom is -0.492 e. The van der Waals surface area contributed by atoms with E-state index in [0.717, 1.165) is 11.3 Å². The van der Waals surface area contributed by atoms with Crippen molar-refractivity contribution in [3.63, 3.8) is 0 Å². The Morgan fingerprint density at radius 1 is 1.21 bits per heavy atom. The molecule has 150 valence electrons. The van der Waals surface area contributed by atoms with Crippen molar-refractivity contribution in [3.8, 4) is 5.75 Å². The van der Waals surface area contributed by atoms with Crippen LogP contribution >= 0.6 is 23.4 Å². The number of benzene rings is 2. The van der Waals surface area contributed by atoms with Gasteiger partial charge in [-0.2, -0.15) is 0 Å². The second-order valence-electron chi connectivity index (χ2n) is 6.43. The van der Waals surface area contributed by atoms with E-state index in [1.807, 2.05) is 43.3 Å². The molecule has 0 heterocycles. The summed E-state index contributed by atoms with van der Waals surface area (Å²) in [6.45, 7) is 4.62. The topological polar surface area (TPSA) is 58.6 Å². The van der Waals surface area contributed by atoms with Gasteiger partial charge >= 0.3 is 0 Å². The van der Waals surface area contributed by atoms with Gasteiger partial charge in [0.05, 0.1) is 17.5 Å². The van der Waals surface area contributed by atoms with Crippen LogP contribution in [0.25, 0.3) is 0 Å². The number of rotatable bonds is 9. The first-order chi connectivity index (χ1) is 13.3. The van der Waals surface area contributed by atoms with E-state index in [9.17, 15) is 9.59 Å². The van der Waals surface area contributed by atoms with Crippen LogP contribution < -0.4 is 10.1 Å². The highest BCUT2D eigenvalue weighted by Crippen LogP contribution is 2.17. The lowest BCUT2D eigenvalue weighted by Gasteiger charge is -2.21. The number of nitrogens with one attached hydrogen (secondary N) is 1. The van der Waals surface area contributed by atoms with Gasteiger partial charge in [0.1, 0.15) is 12.4 Å². The number of carbonyl (C=O) groups excluding carboxylic acids is 2. The minimum absolute atomic E-state index is 0.0390. The van der Waals surface area contributed by atoms with Crippen molar-refractivity contribution in [3.05, 3.63) is 59.1 Å². The van der Waals surface area contributed by atoms with Gasteiger partial charge < -0.3 is 15.0 Å². The SMILES string of the molecule is Cc1ccc(NC(=O)CSC(C)C(=O)N(C)CCOc2cccc(Cl)c2)cc1. The maximum atomic E-state index is 12.4. The predicted octanol–water partition coefficient (Wildman–Crippen LogP) is 4.25. The standard InChI is InChI=1S/C21H25ClN2O3S/c1-15-7-9-18(10-8-15)23-20(25)14-28-16(2)21(26)24(3)11-12-27-19-6-4-5-17(22)13-19/h4-10,13,16H,11-12,14H2,1-3H3,(H,23,25). The minimum atomic E-state index is -0.320. The fraction of sp³-hybridized carbons (Fsp3) is 0.333. The third-order valence-corrected chi connectivity index (χ3v) is 5.38. The highest BCUT2D eigenvalue weighted by Gasteiger charge is 2.19. The molecule has 1 atom stereocenters. The van der Waals surface area contributed by atoms with Crippen LogP contribution in [0.3, 0.4) is 0 Å². The molecule has 0 bridgehead atoms. The molecular weight excluding hydrogens is 396 g/mol. The summed E-state index contributed by atoms with van der Waals surface area (Å²) in [6, 6.07) is 14.7. The van der Waals surface area contributed by atoms with Gasteiger partial charge in [0, 0.05) is 17.8 Å². The van der Waals surface area contributed by atoms with Crippen molar-refractivity contribution in [1.29, 1.82) is 0 Å². The number of likely N-dealkylation sites (N-methyl/N-ethyl adjacent to an activating group) is 1. The normalized spacial score (nSPS) is 11.6. The summed E-state index contributed by atoms with van der Waals surface area (Å²) < 4.78 is 5.61. The Bertz CT molecular complexity index is 798. The molecule has 2 amide bonds. The van der Waals surface area contributed by atoms with Crippen molar-refractivity contribution in [2.75, 3.05) is 31.3 Å². The summed E-state index contributed by atoms with van der Waals surface area (Å²) >= 11 is 7.23. The van der Waals surface area contributed by atoms with Crippen LogP contribution in [0.1, 0.15) is 12.5 Å². The number of carbonyl (C=O) groups is 2. The van der Waals surface area contributed by atoms with Crippen LogP contribution in [0.5, 0.6) is 5.75 Å². The second kappa shape index (κ2) is 11.0. The fourth-order valence-electron chi connectivity index (χ4n) is 2.38. The van der Waals surface area contributed by atoms with Gasteiger partial charge in [-0.05, 0) is 44.2 Å². The van der Waals surface area contributed by atoms with E-state index in [1.54, 1.807) is 31.0 Å². The third kappa shape index (κ3) is 7.44. The highest BCUT2D eigenvalue weighted by atomic mass is 35.5. The van der Waals surface area contributed by atoms with Gasteiger partial charge in [-0.25, -0.2) is 0 Å². The average Bonchev–Trinajstić information content (AvgIpc) is 2.67. The van der Waals surface area contributed by atoms with Crippen LogP contribution in [0, 0.1) is 6.92 Å². The van der Waals surface area contributed by atoms with Gasteiger partial charge in [0.2, 0.25) is 11.8 Å². The van der Waals surface area contributed by atoms with Crippen LogP contribution in [0.4, 0.5) is 5.69 Å². The Hall–Kier alpha value is -2.18. The molecule has 7 heteroatoms. The van der Waals surface area contributed by atoms with Gasteiger partial charge in [-0.1, -0.05) is 35.4 Å². The number of anilines is 1. The molecule has 2 aromatic carbocycles. The average molecular weight is 421 g/mol. The summed E-state index contributed by atoms with van der Waals surface area (Å²) in [5.74, 6) is 0.722.